The molecule has 0 spiro atoms. The van der Waals surface area contributed by atoms with Gasteiger partial charge in [0.15, 0.2) is 5.16 Å². The van der Waals surface area contributed by atoms with E-state index < -0.39 is 0 Å². The van der Waals surface area contributed by atoms with Gasteiger partial charge in [-0.3, -0.25) is 9.36 Å². The minimum Gasteiger partial charge on any atom is -0.497 e. The molecule has 0 N–H and O–H groups in total. The number of carbonyl (C=O) groups is 1. The second-order valence-electron chi connectivity index (χ2n) is 6.24. The Hall–Kier alpha value is -2.27. The molecule has 25 heavy (non-hydrogen) atoms. The number of ketones is 1. The maximum Gasteiger partial charge on any atom is 0.174 e. The van der Waals surface area contributed by atoms with Crippen LogP contribution in [-0.4, -0.2) is 27.7 Å². The van der Waals surface area contributed by atoms with E-state index >= 15 is 0 Å². The Morgan fingerprint density at radius 1 is 1.12 bits per heavy atom. The molecule has 0 radical (unpaired) electrons. The molecule has 0 aliphatic heterocycles. The van der Waals surface area contributed by atoms with E-state index in [0.29, 0.717) is 12.2 Å². The van der Waals surface area contributed by atoms with Gasteiger partial charge in [-0.05, 0) is 49.2 Å². The lowest BCUT2D eigenvalue weighted by molar-refractivity contribution is -0.119. The third kappa shape index (κ3) is 3.16. The smallest absolute Gasteiger partial charge is 0.174 e. The molecule has 1 aliphatic rings. The molecule has 3 aromatic rings. The van der Waals surface area contributed by atoms with Gasteiger partial charge >= 0.3 is 0 Å². The van der Waals surface area contributed by atoms with Gasteiger partial charge in [-0.1, -0.05) is 30.3 Å². The van der Waals surface area contributed by atoms with Crippen molar-refractivity contribution in [3.63, 3.8) is 0 Å². The molecule has 128 valence electrons. The van der Waals surface area contributed by atoms with Crippen molar-refractivity contribution >= 4 is 28.6 Å². The molecule has 1 heterocycles. The van der Waals surface area contributed by atoms with E-state index in [1.54, 1.807) is 18.9 Å². The predicted octanol–water partition coefficient (Wildman–Crippen LogP) is 4.64. The maximum atomic E-state index is 12.3. The molecule has 4 nitrogen and oxygen atoms in total. The summed E-state index contributed by atoms with van der Waals surface area (Å²) >= 11 is 1.60. The molecule has 0 bridgehead atoms. The molecular formula is C20H20N2O2S. The number of carbonyl (C=O) groups excluding carboxylic acids is 1. The molecular weight excluding hydrogens is 332 g/mol. The number of fused-ring (bicyclic) bond motifs is 1. The monoisotopic (exact) mass is 352 g/mol. The molecule has 0 amide bonds. The molecule has 5 heteroatoms. The fraction of sp³-hybridized carbons (Fsp3) is 0.300. The number of nitrogens with zero attached hydrogens (tertiary/aromatic N) is 2. The van der Waals surface area contributed by atoms with Gasteiger partial charge in [0.2, 0.25) is 0 Å². The zero-order valence-corrected chi connectivity index (χ0v) is 15.0. The van der Waals surface area contributed by atoms with E-state index in [0.717, 1.165) is 46.9 Å². The summed E-state index contributed by atoms with van der Waals surface area (Å²) < 4.78 is 7.41. The highest BCUT2D eigenvalue weighted by atomic mass is 32.2. The van der Waals surface area contributed by atoms with Gasteiger partial charge in [0, 0.05) is 12.1 Å². The largest absolute Gasteiger partial charge is 0.497 e. The molecule has 1 aliphatic carbocycles. The van der Waals surface area contributed by atoms with Crippen molar-refractivity contribution in [1.29, 1.82) is 0 Å². The van der Waals surface area contributed by atoms with Crippen molar-refractivity contribution in [2.75, 3.05) is 7.11 Å². The first-order valence-electron chi connectivity index (χ1n) is 8.57. The van der Waals surface area contributed by atoms with E-state index in [2.05, 4.69) is 10.6 Å². The second kappa shape index (κ2) is 6.92. The summed E-state index contributed by atoms with van der Waals surface area (Å²) in [5.41, 5.74) is 3.03. The third-order valence-corrected chi connectivity index (χ3v) is 5.87. The van der Waals surface area contributed by atoms with E-state index in [-0.39, 0.29) is 5.25 Å². The van der Waals surface area contributed by atoms with E-state index in [4.69, 9.17) is 9.72 Å². The topological polar surface area (TPSA) is 44.1 Å². The lowest BCUT2D eigenvalue weighted by atomic mass is 9.99. The SMILES string of the molecule is COc1ccc(-n2c(SC3CCCCC3=O)nc3ccccc32)cc1. The van der Waals surface area contributed by atoms with E-state index in [1.165, 1.54) is 0 Å². The number of ether oxygens (including phenoxy) is 1. The van der Waals surface area contributed by atoms with Gasteiger partial charge in [-0.15, -0.1) is 0 Å². The van der Waals surface area contributed by atoms with Gasteiger partial charge < -0.3 is 4.74 Å². The Morgan fingerprint density at radius 3 is 2.68 bits per heavy atom. The number of methoxy groups -OCH3 is 1. The van der Waals surface area contributed by atoms with Gasteiger partial charge in [-0.25, -0.2) is 4.98 Å². The highest BCUT2D eigenvalue weighted by Crippen LogP contribution is 2.35. The molecule has 1 fully saturated rings. The number of rotatable bonds is 4. The van der Waals surface area contributed by atoms with Crippen molar-refractivity contribution in [2.24, 2.45) is 0 Å². The Bertz CT molecular complexity index is 902. The van der Waals surface area contributed by atoms with Crippen LogP contribution in [0.15, 0.2) is 53.7 Å². The van der Waals surface area contributed by atoms with E-state index in [1.807, 2.05) is 42.5 Å². The van der Waals surface area contributed by atoms with Crippen LogP contribution in [0.3, 0.4) is 0 Å². The molecule has 1 unspecified atom stereocenters. The number of para-hydroxylation sites is 2. The lowest BCUT2D eigenvalue weighted by Crippen LogP contribution is -2.21. The predicted molar refractivity (Wildman–Crippen MR) is 101 cm³/mol. The molecule has 1 saturated carbocycles. The Balaban J connectivity index is 1.78. The summed E-state index contributed by atoms with van der Waals surface area (Å²) in [4.78, 5) is 17.1. The lowest BCUT2D eigenvalue weighted by Gasteiger charge is -2.20. The average Bonchev–Trinajstić information content (AvgIpc) is 3.01. The van der Waals surface area contributed by atoms with Gasteiger partial charge in [-0.2, -0.15) is 0 Å². The van der Waals surface area contributed by atoms with Crippen LogP contribution in [0.1, 0.15) is 25.7 Å². The standard InChI is InChI=1S/C20H20N2O2S/c1-24-15-12-10-14(11-13-15)22-17-7-3-2-6-16(17)21-20(22)25-19-9-5-4-8-18(19)23/h2-3,6-7,10-13,19H,4-5,8-9H2,1H3. The second-order valence-corrected chi connectivity index (χ2v) is 7.41. The molecule has 1 aromatic heterocycles. The average molecular weight is 352 g/mol. The summed E-state index contributed by atoms with van der Waals surface area (Å²) in [7, 11) is 1.66. The first-order chi connectivity index (χ1) is 12.3. The van der Waals surface area contributed by atoms with Crippen LogP contribution < -0.4 is 4.74 Å². The van der Waals surface area contributed by atoms with Crippen molar-refractivity contribution < 1.29 is 9.53 Å². The van der Waals surface area contributed by atoms with Crippen molar-refractivity contribution in [3.05, 3.63) is 48.5 Å². The first-order valence-corrected chi connectivity index (χ1v) is 9.45. The molecule has 2 aromatic carbocycles. The van der Waals surface area contributed by atoms with Gasteiger partial charge in [0.05, 0.1) is 23.4 Å². The minimum absolute atomic E-state index is 0.0163. The van der Waals surface area contributed by atoms with Gasteiger partial charge in [0.25, 0.3) is 0 Å². The number of imidazole rings is 1. The quantitative estimate of drug-likeness (QED) is 0.686. The van der Waals surface area contributed by atoms with Crippen molar-refractivity contribution in [2.45, 2.75) is 36.1 Å². The molecule has 1 atom stereocenters. The summed E-state index contributed by atoms with van der Waals surface area (Å²) in [5.74, 6) is 1.18. The highest BCUT2D eigenvalue weighted by molar-refractivity contribution is 8.00. The number of aromatic nitrogens is 2. The van der Waals surface area contributed by atoms with Crippen molar-refractivity contribution in [1.82, 2.24) is 9.55 Å². The number of Topliss-reactive ketones (excluding diaryl/α,β-unsaturated/α-hetero) is 1. The number of thioether (sulfide) groups is 1. The Morgan fingerprint density at radius 2 is 1.92 bits per heavy atom. The fourth-order valence-corrected chi connectivity index (χ4v) is 4.52. The zero-order chi connectivity index (χ0) is 17.2. The van der Waals surface area contributed by atoms with Crippen LogP contribution in [0.2, 0.25) is 0 Å². The molecule has 4 rings (SSSR count). The van der Waals surface area contributed by atoms with Gasteiger partial charge in [0.1, 0.15) is 11.5 Å². The Kier molecular flexibility index (Phi) is 4.49. The zero-order valence-electron chi connectivity index (χ0n) is 14.1. The van der Waals surface area contributed by atoms with Crippen LogP contribution in [-0.2, 0) is 4.79 Å². The fourth-order valence-electron chi connectivity index (χ4n) is 3.27. The number of benzene rings is 2. The normalized spacial score (nSPS) is 17.8. The number of hydrogen-bond donors (Lipinski definition) is 0. The van der Waals surface area contributed by atoms with Crippen LogP contribution in [0.4, 0.5) is 0 Å². The van der Waals surface area contributed by atoms with Crippen molar-refractivity contribution in [3.8, 4) is 11.4 Å². The maximum absolute atomic E-state index is 12.3. The number of hydrogen-bond acceptors (Lipinski definition) is 4. The minimum atomic E-state index is 0.0163. The first kappa shape index (κ1) is 16.2. The van der Waals surface area contributed by atoms with Crippen LogP contribution in [0.5, 0.6) is 5.75 Å². The van der Waals surface area contributed by atoms with Crippen LogP contribution in [0.25, 0.3) is 16.7 Å². The molecule has 0 saturated heterocycles. The van der Waals surface area contributed by atoms with Crippen LogP contribution in [0, 0.1) is 0 Å². The summed E-state index contributed by atoms with van der Waals surface area (Å²) in [5, 5.41) is 0.897. The third-order valence-electron chi connectivity index (χ3n) is 4.61. The Labute approximate surface area is 151 Å². The summed E-state index contributed by atoms with van der Waals surface area (Å²) in [6.45, 7) is 0. The van der Waals surface area contributed by atoms with E-state index in [9.17, 15) is 4.79 Å². The summed E-state index contributed by atoms with van der Waals surface area (Å²) in [6.07, 6.45) is 3.77. The highest BCUT2D eigenvalue weighted by Gasteiger charge is 2.26. The summed E-state index contributed by atoms with van der Waals surface area (Å²) in [6, 6.07) is 16.0. The van der Waals surface area contributed by atoms with Crippen LogP contribution >= 0.6 is 11.8 Å².